The summed E-state index contributed by atoms with van der Waals surface area (Å²) in [5, 5.41) is 6.57. The highest BCUT2D eigenvalue weighted by Gasteiger charge is 2.30. The van der Waals surface area contributed by atoms with Gasteiger partial charge in [0.15, 0.2) is 0 Å². The Balaban J connectivity index is 1.59. The van der Waals surface area contributed by atoms with Crippen LogP contribution in [0.1, 0.15) is 17.1 Å². The van der Waals surface area contributed by atoms with E-state index in [4.69, 9.17) is 0 Å². The second-order valence-corrected chi connectivity index (χ2v) is 6.04. The van der Waals surface area contributed by atoms with Crippen molar-refractivity contribution in [3.8, 4) is 0 Å². The Morgan fingerprint density at radius 3 is 2.90 bits per heavy atom. The lowest BCUT2D eigenvalue weighted by molar-refractivity contribution is -0.117. The van der Waals surface area contributed by atoms with Crippen LogP contribution >= 0.6 is 11.3 Å². The molecule has 1 fully saturated rings. The molecule has 1 aliphatic rings. The summed E-state index contributed by atoms with van der Waals surface area (Å²) in [6.07, 6.45) is 0.554. The van der Waals surface area contributed by atoms with Crippen LogP contribution < -0.4 is 10.2 Å². The summed E-state index contributed by atoms with van der Waals surface area (Å²) in [7, 11) is 0. The Bertz CT molecular complexity index is 596. The van der Waals surface area contributed by atoms with E-state index in [1.54, 1.807) is 11.3 Å². The molecule has 4 nitrogen and oxygen atoms in total. The summed E-state index contributed by atoms with van der Waals surface area (Å²) in [5.74, 6) is 0.183. The second kappa shape index (κ2) is 5.73. The van der Waals surface area contributed by atoms with Crippen molar-refractivity contribution in [1.29, 1.82) is 0 Å². The highest BCUT2D eigenvalue weighted by atomic mass is 32.1. The standard InChI is InChI=1S/C15H17N3OS/c1-11-17-13(10-20-11)8-16-12-7-15(19)18(9-12)14-5-3-2-4-6-14/h2-6,10,12,16H,7-9H2,1H3. The van der Waals surface area contributed by atoms with Crippen LogP contribution in [0.5, 0.6) is 0 Å². The van der Waals surface area contributed by atoms with Crippen LogP contribution in [0.25, 0.3) is 0 Å². The predicted molar refractivity (Wildman–Crippen MR) is 80.9 cm³/mol. The Labute approximate surface area is 122 Å². The maximum atomic E-state index is 12.1. The smallest absolute Gasteiger partial charge is 0.228 e. The molecule has 1 aliphatic heterocycles. The fourth-order valence-electron chi connectivity index (χ4n) is 2.44. The molecular formula is C15H17N3OS. The second-order valence-electron chi connectivity index (χ2n) is 4.98. The molecule has 0 spiro atoms. The number of thiazole rings is 1. The molecule has 1 aromatic heterocycles. The van der Waals surface area contributed by atoms with Crippen LogP contribution in [0.15, 0.2) is 35.7 Å². The molecule has 104 valence electrons. The molecule has 20 heavy (non-hydrogen) atoms. The third-order valence-electron chi connectivity index (χ3n) is 3.43. The minimum atomic E-state index is 0.183. The number of para-hydroxylation sites is 1. The first-order chi connectivity index (χ1) is 9.72. The number of carbonyl (C=O) groups excluding carboxylic acids is 1. The van der Waals surface area contributed by atoms with Crippen molar-refractivity contribution in [3.63, 3.8) is 0 Å². The van der Waals surface area contributed by atoms with Gasteiger partial charge in [0.25, 0.3) is 0 Å². The minimum Gasteiger partial charge on any atom is -0.311 e. The van der Waals surface area contributed by atoms with Gasteiger partial charge in [-0.1, -0.05) is 18.2 Å². The molecular weight excluding hydrogens is 270 g/mol. The number of benzene rings is 1. The molecule has 1 aromatic carbocycles. The largest absolute Gasteiger partial charge is 0.311 e. The van der Waals surface area contributed by atoms with E-state index in [0.29, 0.717) is 6.42 Å². The van der Waals surface area contributed by atoms with Gasteiger partial charge in [-0.15, -0.1) is 11.3 Å². The van der Waals surface area contributed by atoms with Crippen LogP contribution in [-0.2, 0) is 11.3 Å². The fourth-order valence-corrected chi connectivity index (χ4v) is 3.05. The number of nitrogens with one attached hydrogen (secondary N) is 1. The van der Waals surface area contributed by atoms with Crippen LogP contribution in [0, 0.1) is 6.92 Å². The van der Waals surface area contributed by atoms with Gasteiger partial charge in [0.05, 0.1) is 10.7 Å². The first-order valence-electron chi connectivity index (χ1n) is 6.72. The van der Waals surface area contributed by atoms with Crippen molar-refractivity contribution in [1.82, 2.24) is 10.3 Å². The molecule has 5 heteroatoms. The van der Waals surface area contributed by atoms with Gasteiger partial charge in [-0.3, -0.25) is 4.79 Å². The van der Waals surface area contributed by atoms with Gasteiger partial charge >= 0.3 is 0 Å². The number of rotatable bonds is 4. The summed E-state index contributed by atoms with van der Waals surface area (Å²) in [5.41, 5.74) is 2.03. The van der Waals surface area contributed by atoms with Crippen molar-refractivity contribution in [2.24, 2.45) is 0 Å². The molecule has 3 rings (SSSR count). The van der Waals surface area contributed by atoms with Crippen LogP contribution in [0.4, 0.5) is 5.69 Å². The van der Waals surface area contributed by atoms with Crippen molar-refractivity contribution < 1.29 is 4.79 Å². The van der Waals surface area contributed by atoms with Gasteiger partial charge in [0.2, 0.25) is 5.91 Å². The minimum absolute atomic E-state index is 0.183. The summed E-state index contributed by atoms with van der Waals surface area (Å²) < 4.78 is 0. The van der Waals surface area contributed by atoms with E-state index in [-0.39, 0.29) is 11.9 Å². The monoisotopic (exact) mass is 287 g/mol. The lowest BCUT2D eigenvalue weighted by Crippen LogP contribution is -2.32. The average Bonchev–Trinajstić information content (AvgIpc) is 3.03. The fraction of sp³-hybridized carbons (Fsp3) is 0.333. The van der Waals surface area contributed by atoms with E-state index in [2.05, 4.69) is 15.7 Å². The summed E-state index contributed by atoms with van der Waals surface area (Å²) >= 11 is 1.66. The van der Waals surface area contributed by atoms with E-state index < -0.39 is 0 Å². The highest BCUT2D eigenvalue weighted by Crippen LogP contribution is 2.21. The van der Waals surface area contributed by atoms with Gasteiger partial charge in [-0.25, -0.2) is 4.98 Å². The van der Waals surface area contributed by atoms with E-state index in [1.165, 1.54) is 0 Å². The van der Waals surface area contributed by atoms with Crippen molar-refractivity contribution in [2.45, 2.75) is 25.9 Å². The Morgan fingerprint density at radius 1 is 1.40 bits per heavy atom. The first kappa shape index (κ1) is 13.3. The normalized spacial score (nSPS) is 18.8. The van der Waals surface area contributed by atoms with Gasteiger partial charge in [0, 0.05) is 36.6 Å². The number of hydrogen-bond donors (Lipinski definition) is 1. The predicted octanol–water partition coefficient (Wildman–Crippen LogP) is 2.35. The van der Waals surface area contributed by atoms with Crippen LogP contribution in [0.2, 0.25) is 0 Å². The molecule has 1 unspecified atom stereocenters. The van der Waals surface area contributed by atoms with E-state index >= 15 is 0 Å². The number of amides is 1. The highest BCUT2D eigenvalue weighted by molar-refractivity contribution is 7.09. The lowest BCUT2D eigenvalue weighted by Gasteiger charge is -2.16. The Morgan fingerprint density at radius 2 is 2.20 bits per heavy atom. The van der Waals surface area contributed by atoms with Gasteiger partial charge in [-0.05, 0) is 19.1 Å². The van der Waals surface area contributed by atoms with Gasteiger partial charge in [0.1, 0.15) is 0 Å². The van der Waals surface area contributed by atoms with E-state index in [9.17, 15) is 4.79 Å². The molecule has 0 aliphatic carbocycles. The average molecular weight is 287 g/mol. The Hall–Kier alpha value is -1.72. The van der Waals surface area contributed by atoms with Crippen molar-refractivity contribution >= 4 is 22.9 Å². The molecule has 0 saturated carbocycles. The quantitative estimate of drug-likeness (QED) is 0.939. The molecule has 2 aromatic rings. The van der Waals surface area contributed by atoms with E-state index in [0.717, 1.165) is 29.5 Å². The topological polar surface area (TPSA) is 45.2 Å². The molecule has 0 bridgehead atoms. The van der Waals surface area contributed by atoms with Crippen molar-refractivity contribution in [2.75, 3.05) is 11.4 Å². The first-order valence-corrected chi connectivity index (χ1v) is 7.60. The molecule has 1 N–H and O–H groups in total. The van der Waals surface area contributed by atoms with Crippen LogP contribution in [0.3, 0.4) is 0 Å². The molecule has 2 heterocycles. The molecule has 1 saturated heterocycles. The van der Waals surface area contributed by atoms with E-state index in [1.807, 2.05) is 42.2 Å². The Kier molecular flexibility index (Phi) is 3.80. The maximum absolute atomic E-state index is 12.1. The molecule has 0 radical (unpaired) electrons. The summed E-state index contributed by atoms with van der Waals surface area (Å²) in [4.78, 5) is 18.3. The lowest BCUT2D eigenvalue weighted by atomic mass is 10.2. The summed E-state index contributed by atoms with van der Waals surface area (Å²) in [6.45, 7) is 3.46. The zero-order valence-electron chi connectivity index (χ0n) is 11.4. The number of nitrogens with zero attached hydrogens (tertiary/aromatic N) is 2. The zero-order chi connectivity index (χ0) is 13.9. The SMILES string of the molecule is Cc1nc(CNC2CC(=O)N(c3ccccc3)C2)cs1. The third-order valence-corrected chi connectivity index (χ3v) is 4.25. The summed E-state index contributed by atoms with van der Waals surface area (Å²) in [6, 6.07) is 10.0. The maximum Gasteiger partial charge on any atom is 0.228 e. The number of aromatic nitrogens is 1. The number of aryl methyl sites for hydroxylation is 1. The van der Waals surface area contributed by atoms with Gasteiger partial charge < -0.3 is 10.2 Å². The van der Waals surface area contributed by atoms with Crippen molar-refractivity contribution in [3.05, 3.63) is 46.4 Å². The number of hydrogen-bond acceptors (Lipinski definition) is 4. The molecule has 1 atom stereocenters. The number of carbonyl (C=O) groups is 1. The zero-order valence-corrected chi connectivity index (χ0v) is 12.2. The van der Waals surface area contributed by atoms with Gasteiger partial charge in [-0.2, -0.15) is 0 Å². The van der Waals surface area contributed by atoms with Crippen LogP contribution in [-0.4, -0.2) is 23.5 Å². The third kappa shape index (κ3) is 2.89. The molecule has 1 amide bonds. The number of anilines is 1.